The number of fused-ring (bicyclic) bond motifs is 1. The number of carbonyl (C=O) groups excluding carboxylic acids is 1. The molecule has 0 saturated heterocycles. The van der Waals surface area contributed by atoms with Crippen LogP contribution in [0.4, 0.5) is 0 Å². The number of halogens is 1. The molecule has 3 nitrogen and oxygen atoms in total. The van der Waals surface area contributed by atoms with Gasteiger partial charge in [0.2, 0.25) is 0 Å². The van der Waals surface area contributed by atoms with Gasteiger partial charge in [0.15, 0.2) is 6.61 Å². The summed E-state index contributed by atoms with van der Waals surface area (Å²) in [6.07, 6.45) is 3.15. The van der Waals surface area contributed by atoms with E-state index >= 15 is 0 Å². The summed E-state index contributed by atoms with van der Waals surface area (Å²) in [7, 11) is 0. The van der Waals surface area contributed by atoms with Gasteiger partial charge in [-0.3, -0.25) is 4.79 Å². The highest BCUT2D eigenvalue weighted by atomic mass is 35.5. The Kier molecular flexibility index (Phi) is 4.64. The molecule has 0 heterocycles. The highest BCUT2D eigenvalue weighted by Gasteiger charge is 2.21. The fourth-order valence-corrected chi connectivity index (χ4v) is 3.03. The van der Waals surface area contributed by atoms with Crippen molar-refractivity contribution in [2.24, 2.45) is 0 Å². The van der Waals surface area contributed by atoms with Crippen molar-refractivity contribution in [3.8, 4) is 5.75 Å². The first-order chi connectivity index (χ1) is 10.7. The van der Waals surface area contributed by atoms with Gasteiger partial charge in [-0.25, -0.2) is 0 Å². The minimum Gasteiger partial charge on any atom is -0.484 e. The Morgan fingerprint density at radius 3 is 2.95 bits per heavy atom. The number of hydrogen-bond acceptors (Lipinski definition) is 2. The second kappa shape index (κ2) is 6.84. The molecule has 0 fully saturated rings. The van der Waals surface area contributed by atoms with Crippen LogP contribution in [0.15, 0.2) is 48.5 Å². The first-order valence-electron chi connectivity index (χ1n) is 7.48. The van der Waals surface area contributed by atoms with E-state index in [1.807, 2.05) is 12.1 Å². The number of carbonyl (C=O) groups is 1. The van der Waals surface area contributed by atoms with E-state index in [-0.39, 0.29) is 18.6 Å². The average Bonchev–Trinajstić information content (AvgIpc) is 2.53. The molecule has 1 aliphatic carbocycles. The Hall–Kier alpha value is -2.00. The van der Waals surface area contributed by atoms with Crippen molar-refractivity contribution in [3.05, 3.63) is 64.7 Å². The third kappa shape index (κ3) is 3.60. The smallest absolute Gasteiger partial charge is 0.258 e. The first kappa shape index (κ1) is 14.9. The van der Waals surface area contributed by atoms with Crippen molar-refractivity contribution in [3.63, 3.8) is 0 Å². The molecule has 0 radical (unpaired) electrons. The molecule has 0 saturated carbocycles. The van der Waals surface area contributed by atoms with Crippen molar-refractivity contribution in [1.82, 2.24) is 5.32 Å². The minimum atomic E-state index is -0.110. The predicted octanol–water partition coefficient (Wildman–Crippen LogP) is 3.91. The van der Waals surface area contributed by atoms with Crippen molar-refractivity contribution in [1.29, 1.82) is 0 Å². The monoisotopic (exact) mass is 315 g/mol. The van der Waals surface area contributed by atoms with Crippen molar-refractivity contribution < 1.29 is 9.53 Å². The molecule has 1 amide bonds. The maximum absolute atomic E-state index is 12.1. The molecular weight excluding hydrogens is 298 g/mol. The summed E-state index contributed by atoms with van der Waals surface area (Å²) >= 11 is 5.89. The van der Waals surface area contributed by atoms with Gasteiger partial charge in [0.25, 0.3) is 5.91 Å². The first-order valence-corrected chi connectivity index (χ1v) is 7.86. The molecule has 1 atom stereocenters. The Morgan fingerprint density at radius 1 is 1.23 bits per heavy atom. The van der Waals surface area contributed by atoms with Crippen LogP contribution in [0.3, 0.4) is 0 Å². The van der Waals surface area contributed by atoms with E-state index in [1.165, 1.54) is 11.1 Å². The quantitative estimate of drug-likeness (QED) is 0.929. The largest absolute Gasteiger partial charge is 0.484 e. The van der Waals surface area contributed by atoms with Crippen LogP contribution in [-0.4, -0.2) is 12.5 Å². The molecule has 0 aliphatic heterocycles. The van der Waals surface area contributed by atoms with Crippen molar-refractivity contribution in [2.75, 3.05) is 6.61 Å². The fourth-order valence-electron chi connectivity index (χ4n) is 2.85. The second-order valence-corrected chi connectivity index (χ2v) is 5.89. The van der Waals surface area contributed by atoms with Crippen LogP contribution in [0.25, 0.3) is 0 Å². The topological polar surface area (TPSA) is 38.3 Å². The molecule has 0 aromatic heterocycles. The van der Waals surface area contributed by atoms with Gasteiger partial charge in [0.05, 0.1) is 6.04 Å². The van der Waals surface area contributed by atoms with Crippen LogP contribution in [-0.2, 0) is 11.2 Å². The summed E-state index contributed by atoms with van der Waals surface area (Å²) in [6.45, 7) is -0.000983. The normalized spacial score (nSPS) is 16.7. The van der Waals surface area contributed by atoms with Crippen LogP contribution in [0, 0.1) is 0 Å². The summed E-state index contributed by atoms with van der Waals surface area (Å²) in [5, 5.41) is 3.66. The highest BCUT2D eigenvalue weighted by molar-refractivity contribution is 6.30. The maximum Gasteiger partial charge on any atom is 0.258 e. The fraction of sp³-hybridized carbons (Fsp3) is 0.278. The average molecular weight is 316 g/mol. The summed E-state index contributed by atoms with van der Waals surface area (Å²) in [6, 6.07) is 15.4. The summed E-state index contributed by atoms with van der Waals surface area (Å²) in [4.78, 5) is 12.1. The Labute approximate surface area is 135 Å². The zero-order valence-electron chi connectivity index (χ0n) is 12.2. The molecule has 0 bridgehead atoms. The predicted molar refractivity (Wildman–Crippen MR) is 87.2 cm³/mol. The third-order valence-corrected chi connectivity index (χ3v) is 4.11. The SMILES string of the molecule is O=C(COc1cccc(Cl)c1)N[C@H]1CCCc2ccccc21. The van der Waals surface area contributed by atoms with Gasteiger partial charge in [-0.1, -0.05) is 41.9 Å². The van der Waals surface area contributed by atoms with Crippen LogP contribution < -0.4 is 10.1 Å². The number of amides is 1. The van der Waals surface area contributed by atoms with E-state index in [2.05, 4.69) is 17.4 Å². The number of aryl methyl sites for hydroxylation is 1. The third-order valence-electron chi connectivity index (χ3n) is 3.87. The zero-order chi connectivity index (χ0) is 15.4. The van der Waals surface area contributed by atoms with Crippen molar-refractivity contribution >= 4 is 17.5 Å². The number of hydrogen-bond donors (Lipinski definition) is 1. The minimum absolute atomic E-state index is 0.000983. The standard InChI is InChI=1S/C18H18ClNO2/c19-14-7-4-8-15(11-14)22-12-18(21)20-17-10-3-6-13-5-1-2-9-16(13)17/h1-2,4-5,7-9,11,17H,3,6,10,12H2,(H,20,21)/t17-/m0/s1. The maximum atomic E-state index is 12.1. The Bertz CT molecular complexity index is 672. The van der Waals surface area contributed by atoms with Crippen LogP contribution >= 0.6 is 11.6 Å². The van der Waals surface area contributed by atoms with E-state index in [0.717, 1.165) is 19.3 Å². The number of ether oxygens (including phenoxy) is 1. The van der Waals surface area contributed by atoms with E-state index in [0.29, 0.717) is 10.8 Å². The molecule has 3 rings (SSSR count). The van der Waals surface area contributed by atoms with E-state index < -0.39 is 0 Å². The van der Waals surface area contributed by atoms with Crippen LogP contribution in [0.5, 0.6) is 5.75 Å². The molecular formula is C18H18ClNO2. The van der Waals surface area contributed by atoms with Gasteiger partial charge < -0.3 is 10.1 Å². The molecule has 114 valence electrons. The van der Waals surface area contributed by atoms with E-state index in [1.54, 1.807) is 24.3 Å². The summed E-state index contributed by atoms with van der Waals surface area (Å²) < 4.78 is 5.48. The highest BCUT2D eigenvalue weighted by Crippen LogP contribution is 2.29. The van der Waals surface area contributed by atoms with E-state index in [4.69, 9.17) is 16.3 Å². The van der Waals surface area contributed by atoms with Gasteiger partial charge in [-0.05, 0) is 48.6 Å². The molecule has 0 unspecified atom stereocenters. The molecule has 2 aromatic rings. The van der Waals surface area contributed by atoms with Gasteiger partial charge in [-0.2, -0.15) is 0 Å². The van der Waals surface area contributed by atoms with Gasteiger partial charge in [-0.15, -0.1) is 0 Å². The van der Waals surface area contributed by atoms with E-state index in [9.17, 15) is 4.79 Å². The lowest BCUT2D eigenvalue weighted by molar-refractivity contribution is -0.123. The van der Waals surface area contributed by atoms with Gasteiger partial charge in [0, 0.05) is 5.02 Å². The van der Waals surface area contributed by atoms with Gasteiger partial charge in [0.1, 0.15) is 5.75 Å². The number of rotatable bonds is 4. The molecule has 22 heavy (non-hydrogen) atoms. The lowest BCUT2D eigenvalue weighted by atomic mass is 9.88. The molecule has 2 aromatic carbocycles. The lowest BCUT2D eigenvalue weighted by Gasteiger charge is -2.26. The van der Waals surface area contributed by atoms with Crippen molar-refractivity contribution in [2.45, 2.75) is 25.3 Å². The van der Waals surface area contributed by atoms with Crippen LogP contribution in [0.1, 0.15) is 30.0 Å². The van der Waals surface area contributed by atoms with Crippen LogP contribution in [0.2, 0.25) is 5.02 Å². The lowest BCUT2D eigenvalue weighted by Crippen LogP contribution is -2.34. The molecule has 4 heteroatoms. The number of nitrogens with one attached hydrogen (secondary N) is 1. The molecule has 1 aliphatic rings. The Morgan fingerprint density at radius 2 is 2.09 bits per heavy atom. The molecule has 0 spiro atoms. The second-order valence-electron chi connectivity index (χ2n) is 5.46. The Balaban J connectivity index is 1.59. The zero-order valence-corrected chi connectivity index (χ0v) is 13.0. The molecule has 1 N–H and O–H groups in total. The summed E-state index contributed by atoms with van der Waals surface area (Å²) in [5.74, 6) is 0.494. The number of benzene rings is 2. The summed E-state index contributed by atoms with van der Waals surface area (Å²) in [5.41, 5.74) is 2.56. The van der Waals surface area contributed by atoms with Gasteiger partial charge >= 0.3 is 0 Å².